The van der Waals surface area contributed by atoms with E-state index < -0.39 is 0 Å². The fourth-order valence-electron chi connectivity index (χ4n) is 3.02. The van der Waals surface area contributed by atoms with Crippen LogP contribution in [0.3, 0.4) is 0 Å². The van der Waals surface area contributed by atoms with E-state index in [0.29, 0.717) is 23.8 Å². The zero-order valence-corrected chi connectivity index (χ0v) is 11.7. The van der Waals surface area contributed by atoms with Gasteiger partial charge in [0, 0.05) is 25.8 Å². The summed E-state index contributed by atoms with van der Waals surface area (Å²) < 4.78 is 1.52. The highest BCUT2D eigenvalue weighted by atomic mass is 16.6. The van der Waals surface area contributed by atoms with Gasteiger partial charge in [0.15, 0.2) is 5.69 Å². The lowest BCUT2D eigenvalue weighted by atomic mass is 10.1. The van der Waals surface area contributed by atoms with Gasteiger partial charge in [-0.15, -0.1) is 0 Å². The predicted molar refractivity (Wildman–Crippen MR) is 76.9 cm³/mol. The molecular formula is C14H18N4O3. The number of likely N-dealkylation sites (tertiary alicyclic amines) is 1. The van der Waals surface area contributed by atoms with Crippen molar-refractivity contribution in [3.05, 3.63) is 40.2 Å². The molecule has 2 aromatic heterocycles. The van der Waals surface area contributed by atoms with Crippen LogP contribution in [0, 0.1) is 16.0 Å². The predicted octanol–water partition coefficient (Wildman–Crippen LogP) is 1.45. The van der Waals surface area contributed by atoms with Crippen LogP contribution in [0.5, 0.6) is 0 Å². The smallest absolute Gasteiger partial charge is 0.352 e. The lowest BCUT2D eigenvalue weighted by molar-refractivity contribution is -0.391. The minimum atomic E-state index is -0.364. The lowest BCUT2D eigenvalue weighted by Crippen LogP contribution is -2.21. The fraction of sp³-hybridized carbons (Fsp3) is 0.500. The van der Waals surface area contributed by atoms with Crippen molar-refractivity contribution in [3.8, 4) is 0 Å². The molecule has 112 valence electrons. The van der Waals surface area contributed by atoms with E-state index in [2.05, 4.69) is 9.88 Å². The van der Waals surface area contributed by atoms with Crippen LogP contribution in [0.2, 0.25) is 0 Å². The van der Waals surface area contributed by atoms with Crippen LogP contribution >= 0.6 is 0 Å². The summed E-state index contributed by atoms with van der Waals surface area (Å²) in [5, 5.41) is 20.3. The van der Waals surface area contributed by atoms with Crippen molar-refractivity contribution < 1.29 is 10.0 Å². The summed E-state index contributed by atoms with van der Waals surface area (Å²) in [6.07, 6.45) is 3.49. The van der Waals surface area contributed by atoms with Gasteiger partial charge < -0.3 is 15.2 Å². The zero-order chi connectivity index (χ0) is 14.8. The van der Waals surface area contributed by atoms with Crippen LogP contribution in [0.15, 0.2) is 24.4 Å². The van der Waals surface area contributed by atoms with Gasteiger partial charge in [-0.1, -0.05) is 6.07 Å². The molecule has 1 N–H and O–H groups in total. The molecule has 0 saturated carbocycles. The molecule has 0 radical (unpaired) electrons. The van der Waals surface area contributed by atoms with Gasteiger partial charge in [-0.25, -0.2) is 4.98 Å². The van der Waals surface area contributed by atoms with Gasteiger partial charge in [-0.2, -0.15) is 4.40 Å². The second-order valence-electron chi connectivity index (χ2n) is 5.47. The van der Waals surface area contributed by atoms with Crippen LogP contribution in [0.25, 0.3) is 5.65 Å². The molecule has 1 unspecified atom stereocenters. The molecule has 7 nitrogen and oxygen atoms in total. The highest BCUT2D eigenvalue weighted by Gasteiger charge is 2.27. The van der Waals surface area contributed by atoms with E-state index in [9.17, 15) is 10.1 Å². The number of aromatic nitrogens is 2. The van der Waals surface area contributed by atoms with Gasteiger partial charge in [0.25, 0.3) is 0 Å². The molecule has 2 aromatic rings. The van der Waals surface area contributed by atoms with Gasteiger partial charge in [0.05, 0.1) is 6.20 Å². The molecule has 1 aliphatic rings. The summed E-state index contributed by atoms with van der Waals surface area (Å²) >= 11 is 0. The first kappa shape index (κ1) is 14.0. The van der Waals surface area contributed by atoms with E-state index in [1.165, 1.54) is 4.40 Å². The van der Waals surface area contributed by atoms with Crippen molar-refractivity contribution in [2.24, 2.45) is 5.92 Å². The molecule has 0 spiro atoms. The third kappa shape index (κ3) is 2.74. The summed E-state index contributed by atoms with van der Waals surface area (Å²) in [5.74, 6) is 0.530. The molecule has 3 heterocycles. The molecule has 3 rings (SSSR count). The highest BCUT2D eigenvalue weighted by molar-refractivity contribution is 5.48. The number of pyridine rings is 1. The second-order valence-corrected chi connectivity index (χ2v) is 5.47. The molecule has 1 aliphatic heterocycles. The first-order valence-corrected chi connectivity index (χ1v) is 7.12. The molecule has 0 amide bonds. The number of hydrogen-bond acceptors (Lipinski definition) is 5. The molecule has 21 heavy (non-hydrogen) atoms. The first-order chi connectivity index (χ1) is 10.2. The number of nitro groups is 1. The van der Waals surface area contributed by atoms with E-state index in [1.807, 2.05) is 6.07 Å². The average molecular weight is 290 g/mol. The van der Waals surface area contributed by atoms with Crippen LogP contribution in [0.4, 0.5) is 5.82 Å². The van der Waals surface area contributed by atoms with E-state index in [0.717, 1.165) is 25.9 Å². The number of rotatable bonds is 5. The SMILES string of the molecule is O=[N+]([O-])c1c(CN2CCC(CCO)C2)nc2ccccn12. The molecule has 1 atom stereocenters. The summed E-state index contributed by atoms with van der Waals surface area (Å²) in [4.78, 5) is 17.5. The van der Waals surface area contributed by atoms with Gasteiger partial charge in [0.1, 0.15) is 0 Å². The zero-order valence-electron chi connectivity index (χ0n) is 11.7. The number of fused-ring (bicyclic) bond motifs is 1. The third-order valence-electron chi connectivity index (χ3n) is 4.03. The van der Waals surface area contributed by atoms with Crippen molar-refractivity contribution in [2.45, 2.75) is 19.4 Å². The van der Waals surface area contributed by atoms with E-state index >= 15 is 0 Å². The summed E-state index contributed by atoms with van der Waals surface area (Å²) in [5.41, 5.74) is 1.11. The molecule has 7 heteroatoms. The Kier molecular flexibility index (Phi) is 3.85. The van der Waals surface area contributed by atoms with Crippen LogP contribution in [-0.4, -0.2) is 44.0 Å². The normalized spacial score (nSPS) is 19.4. The minimum absolute atomic E-state index is 0.0520. The molecule has 0 aromatic carbocycles. The van der Waals surface area contributed by atoms with Gasteiger partial charge in [-0.05, 0) is 36.3 Å². The monoisotopic (exact) mass is 290 g/mol. The molecule has 0 aliphatic carbocycles. The number of aliphatic hydroxyl groups is 1. The molecule has 1 fully saturated rings. The van der Waals surface area contributed by atoms with Crippen LogP contribution < -0.4 is 0 Å². The van der Waals surface area contributed by atoms with Crippen LogP contribution in [0.1, 0.15) is 18.5 Å². The van der Waals surface area contributed by atoms with Crippen molar-refractivity contribution in [1.29, 1.82) is 0 Å². The standard InChI is InChI=1S/C14H18N4O3/c19-8-5-11-4-7-16(9-11)10-12-14(18(20)21)17-6-2-1-3-13(17)15-12/h1-3,6,11,19H,4-5,7-10H2. The summed E-state index contributed by atoms with van der Waals surface area (Å²) in [6.45, 7) is 2.45. The first-order valence-electron chi connectivity index (χ1n) is 7.12. The molecular weight excluding hydrogens is 272 g/mol. The fourth-order valence-corrected chi connectivity index (χ4v) is 3.02. The minimum Gasteiger partial charge on any atom is -0.396 e. The van der Waals surface area contributed by atoms with Gasteiger partial charge >= 0.3 is 5.82 Å². The van der Waals surface area contributed by atoms with Gasteiger partial charge in [0.2, 0.25) is 5.65 Å². The Balaban J connectivity index is 1.84. The van der Waals surface area contributed by atoms with Gasteiger partial charge in [-0.3, -0.25) is 4.90 Å². The Bertz CT molecular complexity index is 655. The topological polar surface area (TPSA) is 83.9 Å². The van der Waals surface area contributed by atoms with E-state index in [-0.39, 0.29) is 17.3 Å². The Morgan fingerprint density at radius 3 is 3.10 bits per heavy atom. The maximum atomic E-state index is 11.3. The second kappa shape index (κ2) is 5.79. The Morgan fingerprint density at radius 1 is 1.48 bits per heavy atom. The number of imidazole rings is 1. The molecule has 0 bridgehead atoms. The average Bonchev–Trinajstić information content (AvgIpc) is 3.03. The largest absolute Gasteiger partial charge is 0.396 e. The summed E-state index contributed by atoms with van der Waals surface area (Å²) in [7, 11) is 0. The number of nitrogens with zero attached hydrogens (tertiary/aromatic N) is 4. The van der Waals surface area contributed by atoms with E-state index in [4.69, 9.17) is 5.11 Å². The van der Waals surface area contributed by atoms with E-state index in [1.54, 1.807) is 18.3 Å². The Hall–Kier alpha value is -1.99. The quantitative estimate of drug-likeness (QED) is 0.665. The van der Waals surface area contributed by atoms with Crippen molar-refractivity contribution in [3.63, 3.8) is 0 Å². The maximum absolute atomic E-state index is 11.3. The highest BCUT2D eigenvalue weighted by Crippen LogP contribution is 2.25. The van der Waals surface area contributed by atoms with Crippen molar-refractivity contribution in [2.75, 3.05) is 19.7 Å². The maximum Gasteiger partial charge on any atom is 0.352 e. The van der Waals surface area contributed by atoms with Crippen LogP contribution in [-0.2, 0) is 6.54 Å². The summed E-state index contributed by atoms with van der Waals surface area (Å²) in [6, 6.07) is 5.36. The number of aliphatic hydroxyl groups excluding tert-OH is 1. The van der Waals surface area contributed by atoms with Crippen molar-refractivity contribution in [1.82, 2.24) is 14.3 Å². The third-order valence-corrected chi connectivity index (χ3v) is 4.03. The Labute approximate surface area is 122 Å². The number of hydrogen-bond donors (Lipinski definition) is 1. The Morgan fingerprint density at radius 2 is 2.33 bits per heavy atom. The molecule has 1 saturated heterocycles. The lowest BCUT2D eigenvalue weighted by Gasteiger charge is -2.13. The van der Waals surface area contributed by atoms with Crippen molar-refractivity contribution >= 4 is 11.5 Å².